The van der Waals surface area contributed by atoms with E-state index >= 15 is 0 Å². The average Bonchev–Trinajstić information content (AvgIpc) is 2.35. The van der Waals surface area contributed by atoms with Gasteiger partial charge in [-0.05, 0) is 22.6 Å². The van der Waals surface area contributed by atoms with E-state index in [0.717, 1.165) is 8.96 Å². The van der Waals surface area contributed by atoms with E-state index in [2.05, 4.69) is 32.6 Å². The minimum Gasteiger partial charge on any atom is -0.358 e. The van der Waals surface area contributed by atoms with E-state index in [1.165, 1.54) is 6.20 Å². The van der Waals surface area contributed by atoms with E-state index < -0.39 is 0 Å². The largest absolute Gasteiger partial charge is 0.358 e. The van der Waals surface area contributed by atoms with Crippen molar-refractivity contribution in [2.75, 3.05) is 0 Å². The summed E-state index contributed by atoms with van der Waals surface area (Å²) in [6, 6.07) is 0. The zero-order valence-electron chi connectivity index (χ0n) is 5.44. The molecule has 0 aromatic carbocycles. The quantitative estimate of drug-likeness (QED) is 0.725. The van der Waals surface area contributed by atoms with Crippen molar-refractivity contribution in [1.82, 2.24) is 9.97 Å². The lowest BCUT2D eigenvalue weighted by Crippen LogP contribution is -1.79. The number of rotatable bonds is 0. The number of hydrogen-bond donors (Lipinski definition) is 1. The number of pyridine rings is 1. The second-order valence-electron chi connectivity index (χ2n) is 2.18. The molecule has 0 radical (unpaired) electrons. The third kappa shape index (κ3) is 1.01. The molecular weight excluding hydrogens is 258 g/mol. The molecule has 2 nitrogen and oxygen atoms in total. The van der Waals surface area contributed by atoms with Gasteiger partial charge >= 0.3 is 0 Å². The molecule has 0 spiro atoms. The van der Waals surface area contributed by atoms with Gasteiger partial charge in [0.15, 0.2) is 5.82 Å². The molecule has 2 heterocycles. The number of nitrogens with one attached hydrogen (secondary N) is 1. The normalized spacial score (nSPS) is 10.7. The first-order valence-electron chi connectivity index (χ1n) is 3.05. The Bertz CT molecular complexity index is 396. The lowest BCUT2D eigenvalue weighted by Gasteiger charge is -1.89. The van der Waals surface area contributed by atoms with Gasteiger partial charge in [-0.25, -0.2) is 4.39 Å². The SMILES string of the molecule is Fc1cncc2c(I)c[nH]c12. The Hall–Kier alpha value is -0.650. The first-order chi connectivity index (χ1) is 5.29. The minimum atomic E-state index is -0.301. The summed E-state index contributed by atoms with van der Waals surface area (Å²) in [4.78, 5) is 6.58. The summed E-state index contributed by atoms with van der Waals surface area (Å²) in [5, 5.41) is 0.839. The third-order valence-electron chi connectivity index (χ3n) is 1.50. The standard InChI is InChI=1S/C7H4FIN2/c8-5-2-10-1-4-6(9)3-11-7(4)5/h1-3,11H. The highest BCUT2D eigenvalue weighted by atomic mass is 127. The molecule has 4 heteroatoms. The summed E-state index contributed by atoms with van der Waals surface area (Å²) in [5.41, 5.74) is 0.532. The summed E-state index contributed by atoms with van der Waals surface area (Å²) in [6.07, 6.45) is 4.61. The highest BCUT2D eigenvalue weighted by Gasteiger charge is 2.04. The van der Waals surface area contributed by atoms with Gasteiger partial charge < -0.3 is 4.98 Å². The second-order valence-corrected chi connectivity index (χ2v) is 3.34. The molecule has 56 valence electrons. The van der Waals surface area contributed by atoms with Crippen molar-refractivity contribution < 1.29 is 4.39 Å². The summed E-state index contributed by atoms with van der Waals surface area (Å²) in [7, 11) is 0. The summed E-state index contributed by atoms with van der Waals surface area (Å²) in [6.45, 7) is 0. The molecule has 11 heavy (non-hydrogen) atoms. The van der Waals surface area contributed by atoms with Crippen molar-refractivity contribution in [2.24, 2.45) is 0 Å². The fraction of sp³-hybridized carbons (Fsp3) is 0. The van der Waals surface area contributed by atoms with Gasteiger partial charge in [0.05, 0.1) is 11.7 Å². The van der Waals surface area contributed by atoms with Crippen molar-refractivity contribution in [3.8, 4) is 0 Å². The molecule has 0 saturated carbocycles. The van der Waals surface area contributed by atoms with E-state index in [1.54, 1.807) is 12.4 Å². The van der Waals surface area contributed by atoms with Gasteiger partial charge in [0, 0.05) is 21.4 Å². The van der Waals surface area contributed by atoms with Gasteiger partial charge in [0.25, 0.3) is 0 Å². The maximum absolute atomic E-state index is 12.9. The molecule has 0 atom stereocenters. The van der Waals surface area contributed by atoms with Crippen molar-refractivity contribution in [3.05, 3.63) is 28.0 Å². The summed E-state index contributed by atoms with van der Waals surface area (Å²) < 4.78 is 13.9. The number of halogens is 2. The maximum atomic E-state index is 12.9. The van der Waals surface area contributed by atoms with Crippen LogP contribution in [-0.4, -0.2) is 9.97 Å². The van der Waals surface area contributed by atoms with Crippen LogP contribution in [0.15, 0.2) is 18.6 Å². The predicted octanol–water partition coefficient (Wildman–Crippen LogP) is 2.31. The molecule has 2 aromatic heterocycles. The van der Waals surface area contributed by atoms with E-state index in [0.29, 0.717) is 5.52 Å². The van der Waals surface area contributed by atoms with Crippen molar-refractivity contribution in [3.63, 3.8) is 0 Å². The Balaban J connectivity index is 2.94. The van der Waals surface area contributed by atoms with Crippen LogP contribution in [0.3, 0.4) is 0 Å². The van der Waals surface area contributed by atoms with Crippen LogP contribution in [0.4, 0.5) is 4.39 Å². The Morgan fingerprint density at radius 1 is 1.45 bits per heavy atom. The van der Waals surface area contributed by atoms with Crippen LogP contribution in [0.5, 0.6) is 0 Å². The van der Waals surface area contributed by atoms with Gasteiger partial charge in [0.1, 0.15) is 0 Å². The molecule has 2 rings (SSSR count). The van der Waals surface area contributed by atoms with Crippen molar-refractivity contribution in [2.45, 2.75) is 0 Å². The Morgan fingerprint density at radius 2 is 2.27 bits per heavy atom. The molecule has 0 aliphatic carbocycles. The minimum absolute atomic E-state index is 0.301. The highest BCUT2D eigenvalue weighted by Crippen LogP contribution is 2.20. The molecule has 0 unspecified atom stereocenters. The molecule has 0 aliphatic heterocycles. The van der Waals surface area contributed by atoms with E-state index in [4.69, 9.17) is 0 Å². The first kappa shape index (κ1) is 7.02. The number of fused-ring (bicyclic) bond motifs is 1. The van der Waals surface area contributed by atoms with Crippen LogP contribution in [0.2, 0.25) is 0 Å². The summed E-state index contributed by atoms with van der Waals surface area (Å²) >= 11 is 2.13. The topological polar surface area (TPSA) is 28.7 Å². The Labute approximate surface area is 76.0 Å². The Morgan fingerprint density at radius 3 is 3.00 bits per heavy atom. The molecule has 0 amide bonds. The van der Waals surface area contributed by atoms with Crippen LogP contribution in [0.1, 0.15) is 0 Å². The fourth-order valence-corrected chi connectivity index (χ4v) is 1.54. The number of H-pyrrole nitrogens is 1. The molecule has 1 N–H and O–H groups in total. The van der Waals surface area contributed by atoms with Gasteiger partial charge in [-0.1, -0.05) is 0 Å². The highest BCUT2D eigenvalue weighted by molar-refractivity contribution is 14.1. The van der Waals surface area contributed by atoms with Crippen molar-refractivity contribution in [1.29, 1.82) is 0 Å². The third-order valence-corrected chi connectivity index (χ3v) is 2.39. The summed E-state index contributed by atoms with van der Waals surface area (Å²) in [5.74, 6) is -0.301. The number of aromatic nitrogens is 2. The molecule has 0 saturated heterocycles. The molecular formula is C7H4FIN2. The monoisotopic (exact) mass is 262 g/mol. The lowest BCUT2D eigenvalue weighted by atomic mass is 10.3. The van der Waals surface area contributed by atoms with Gasteiger partial charge in [0.2, 0.25) is 0 Å². The van der Waals surface area contributed by atoms with Crippen LogP contribution in [-0.2, 0) is 0 Å². The Kier molecular flexibility index (Phi) is 1.56. The fourth-order valence-electron chi connectivity index (χ4n) is 0.976. The van der Waals surface area contributed by atoms with Gasteiger partial charge in [-0.15, -0.1) is 0 Å². The molecule has 2 aromatic rings. The number of hydrogen-bond acceptors (Lipinski definition) is 1. The van der Waals surface area contributed by atoms with Crippen LogP contribution >= 0.6 is 22.6 Å². The van der Waals surface area contributed by atoms with Gasteiger partial charge in [-0.2, -0.15) is 0 Å². The van der Waals surface area contributed by atoms with Crippen LogP contribution < -0.4 is 0 Å². The van der Waals surface area contributed by atoms with Gasteiger partial charge in [-0.3, -0.25) is 4.98 Å². The predicted molar refractivity (Wildman–Crippen MR) is 48.8 cm³/mol. The molecule has 0 bridgehead atoms. The van der Waals surface area contributed by atoms with Crippen LogP contribution in [0, 0.1) is 9.39 Å². The molecule has 0 aliphatic rings. The van der Waals surface area contributed by atoms with E-state index in [9.17, 15) is 4.39 Å². The molecule has 0 fully saturated rings. The second kappa shape index (κ2) is 2.44. The van der Waals surface area contributed by atoms with Crippen LogP contribution in [0.25, 0.3) is 10.9 Å². The van der Waals surface area contributed by atoms with Crippen molar-refractivity contribution >= 4 is 33.5 Å². The zero-order valence-corrected chi connectivity index (χ0v) is 7.59. The zero-order chi connectivity index (χ0) is 7.84. The van der Waals surface area contributed by atoms with E-state index in [-0.39, 0.29) is 5.82 Å². The smallest absolute Gasteiger partial charge is 0.165 e. The van der Waals surface area contributed by atoms with E-state index in [1.807, 2.05) is 0 Å². The lowest BCUT2D eigenvalue weighted by molar-refractivity contribution is 0.631. The first-order valence-corrected chi connectivity index (χ1v) is 4.13. The number of aromatic amines is 1. The number of nitrogens with zero attached hydrogens (tertiary/aromatic N) is 1. The average molecular weight is 262 g/mol. The maximum Gasteiger partial charge on any atom is 0.165 e.